The Balaban J connectivity index is 1.75. The number of rotatable bonds is 9. The van der Waals surface area contributed by atoms with Crippen LogP contribution in [0.15, 0.2) is 53.4 Å². The van der Waals surface area contributed by atoms with Crippen LogP contribution in [0.1, 0.15) is 35.7 Å². The van der Waals surface area contributed by atoms with E-state index in [1.807, 2.05) is 0 Å². The lowest BCUT2D eigenvalue weighted by Gasteiger charge is -2.29. The molecule has 0 saturated carbocycles. The Morgan fingerprint density at radius 2 is 1.62 bits per heavy atom. The number of ether oxygens (including phenoxy) is 2. The molecule has 184 valence electrons. The average molecular weight is 501 g/mol. The van der Waals surface area contributed by atoms with Crippen LogP contribution >= 0.6 is 0 Å². The first-order chi connectivity index (χ1) is 16.1. The Bertz CT molecular complexity index is 1130. The van der Waals surface area contributed by atoms with Crippen LogP contribution in [-0.2, 0) is 10.0 Å². The van der Waals surface area contributed by atoms with Gasteiger partial charge in [0.15, 0.2) is 5.78 Å². The highest BCUT2D eigenvalue weighted by molar-refractivity contribution is 7.89. The average Bonchev–Trinajstić information content (AvgIpc) is 2.78. The van der Waals surface area contributed by atoms with Crippen LogP contribution in [0.3, 0.4) is 0 Å². The summed E-state index contributed by atoms with van der Waals surface area (Å²) >= 11 is 0. The van der Waals surface area contributed by atoms with Crippen molar-refractivity contribution < 1.29 is 40.2 Å². The summed E-state index contributed by atoms with van der Waals surface area (Å²) in [6.45, 7) is -3.41. The SMILES string of the molecule is CC1CCN(S(=O)(=O)c2ccc(C(=O)C=Cc3ccc(OC(F)F)cc3OC(F)F)cc2)CC1. The van der Waals surface area contributed by atoms with Crippen molar-refractivity contribution in [1.82, 2.24) is 4.31 Å². The summed E-state index contributed by atoms with van der Waals surface area (Å²) in [6.07, 6.45) is 3.84. The van der Waals surface area contributed by atoms with E-state index in [-0.39, 0.29) is 21.8 Å². The van der Waals surface area contributed by atoms with Gasteiger partial charge in [-0.25, -0.2) is 8.42 Å². The van der Waals surface area contributed by atoms with Gasteiger partial charge in [-0.1, -0.05) is 6.92 Å². The molecular formula is C23H23F4NO5S. The fourth-order valence-electron chi connectivity index (χ4n) is 3.45. The van der Waals surface area contributed by atoms with Crippen molar-refractivity contribution in [3.8, 4) is 11.5 Å². The predicted octanol–water partition coefficient (Wildman–Crippen LogP) is 5.21. The van der Waals surface area contributed by atoms with Crippen LogP contribution in [0.2, 0.25) is 0 Å². The van der Waals surface area contributed by atoms with Gasteiger partial charge in [0, 0.05) is 30.3 Å². The zero-order valence-electron chi connectivity index (χ0n) is 18.2. The number of carbonyl (C=O) groups is 1. The van der Waals surface area contributed by atoms with E-state index in [1.165, 1.54) is 40.7 Å². The minimum atomic E-state index is -3.66. The number of sulfonamides is 1. The summed E-state index contributed by atoms with van der Waals surface area (Å²) in [5.41, 5.74) is 0.213. The van der Waals surface area contributed by atoms with Gasteiger partial charge < -0.3 is 9.47 Å². The number of allylic oxidation sites excluding steroid dienone is 1. The quantitative estimate of drug-likeness (QED) is 0.268. The van der Waals surface area contributed by atoms with E-state index in [1.54, 1.807) is 0 Å². The first kappa shape index (κ1) is 25.7. The second kappa shape index (κ2) is 11.0. The van der Waals surface area contributed by atoms with E-state index in [0.717, 1.165) is 31.1 Å². The number of nitrogens with zero attached hydrogens (tertiary/aromatic N) is 1. The monoisotopic (exact) mass is 501 g/mol. The third-order valence-corrected chi connectivity index (χ3v) is 7.27. The molecule has 6 nitrogen and oxygen atoms in total. The van der Waals surface area contributed by atoms with Gasteiger partial charge in [0.1, 0.15) is 11.5 Å². The standard InChI is InChI=1S/C23H23F4NO5S/c1-15-10-12-28(13-11-15)34(30,31)19-7-3-16(4-8-19)20(29)9-5-17-2-6-18(32-22(24)25)14-21(17)33-23(26)27/h2-9,14-15,22-23H,10-13H2,1H3. The Morgan fingerprint density at radius 1 is 1.00 bits per heavy atom. The summed E-state index contributed by atoms with van der Waals surface area (Å²) in [5, 5.41) is 0. The van der Waals surface area contributed by atoms with E-state index in [4.69, 9.17) is 0 Å². The Labute approximate surface area is 194 Å². The van der Waals surface area contributed by atoms with Gasteiger partial charge in [0.2, 0.25) is 10.0 Å². The number of piperidine rings is 1. The van der Waals surface area contributed by atoms with Gasteiger partial charge >= 0.3 is 13.2 Å². The van der Waals surface area contributed by atoms with Crippen LogP contribution in [0.4, 0.5) is 17.6 Å². The second-order valence-electron chi connectivity index (χ2n) is 7.77. The number of carbonyl (C=O) groups excluding carboxylic acids is 1. The van der Waals surface area contributed by atoms with Crippen LogP contribution in [0.25, 0.3) is 6.08 Å². The molecule has 0 unspecified atom stereocenters. The Kier molecular flexibility index (Phi) is 8.32. The van der Waals surface area contributed by atoms with E-state index in [0.29, 0.717) is 19.0 Å². The second-order valence-corrected chi connectivity index (χ2v) is 9.70. The Hall–Kier alpha value is -2.92. The molecule has 34 heavy (non-hydrogen) atoms. The molecule has 11 heteroatoms. The molecule has 1 heterocycles. The Morgan fingerprint density at radius 3 is 2.21 bits per heavy atom. The molecule has 2 aromatic rings. The zero-order chi connectivity index (χ0) is 24.9. The highest BCUT2D eigenvalue weighted by Crippen LogP contribution is 2.29. The lowest BCUT2D eigenvalue weighted by Crippen LogP contribution is -2.37. The molecule has 1 aliphatic rings. The number of alkyl halides is 4. The van der Waals surface area contributed by atoms with Gasteiger partial charge in [-0.2, -0.15) is 21.9 Å². The normalized spacial score (nSPS) is 15.9. The zero-order valence-corrected chi connectivity index (χ0v) is 19.0. The highest BCUT2D eigenvalue weighted by atomic mass is 32.2. The minimum Gasteiger partial charge on any atom is -0.435 e. The van der Waals surface area contributed by atoms with Crippen molar-refractivity contribution in [2.45, 2.75) is 37.9 Å². The van der Waals surface area contributed by atoms with E-state index in [9.17, 15) is 30.8 Å². The maximum Gasteiger partial charge on any atom is 0.387 e. The fraction of sp³-hybridized carbons (Fsp3) is 0.348. The van der Waals surface area contributed by atoms with Crippen molar-refractivity contribution in [2.24, 2.45) is 5.92 Å². The molecule has 1 aliphatic heterocycles. The van der Waals surface area contributed by atoms with Crippen molar-refractivity contribution >= 4 is 21.9 Å². The molecule has 0 aromatic heterocycles. The molecular weight excluding hydrogens is 478 g/mol. The first-order valence-corrected chi connectivity index (χ1v) is 11.9. The molecule has 3 rings (SSSR count). The maximum absolute atomic E-state index is 12.8. The molecule has 0 spiro atoms. The smallest absolute Gasteiger partial charge is 0.387 e. The molecule has 0 N–H and O–H groups in total. The van der Waals surface area contributed by atoms with Crippen LogP contribution in [0.5, 0.6) is 11.5 Å². The van der Waals surface area contributed by atoms with Gasteiger partial charge in [-0.05, 0) is 67.3 Å². The number of hydrogen-bond donors (Lipinski definition) is 0. The van der Waals surface area contributed by atoms with Gasteiger partial charge in [0.05, 0.1) is 4.90 Å². The number of ketones is 1. The molecule has 0 bridgehead atoms. The highest BCUT2D eigenvalue weighted by Gasteiger charge is 2.28. The van der Waals surface area contributed by atoms with Gasteiger partial charge in [-0.15, -0.1) is 0 Å². The van der Waals surface area contributed by atoms with Gasteiger partial charge in [0.25, 0.3) is 0 Å². The maximum atomic E-state index is 12.8. The molecule has 0 atom stereocenters. The summed E-state index contributed by atoms with van der Waals surface area (Å²) in [6, 6.07) is 8.59. The summed E-state index contributed by atoms with van der Waals surface area (Å²) in [5.74, 6) is -0.881. The van der Waals surface area contributed by atoms with Crippen molar-refractivity contribution in [3.63, 3.8) is 0 Å². The van der Waals surface area contributed by atoms with E-state index < -0.39 is 34.8 Å². The van der Waals surface area contributed by atoms with Crippen molar-refractivity contribution in [3.05, 3.63) is 59.7 Å². The topological polar surface area (TPSA) is 72.9 Å². The molecule has 1 saturated heterocycles. The minimum absolute atomic E-state index is 0.0359. The largest absolute Gasteiger partial charge is 0.435 e. The number of halogens is 4. The summed E-state index contributed by atoms with van der Waals surface area (Å²) in [4.78, 5) is 12.6. The lowest BCUT2D eigenvalue weighted by atomic mass is 10.0. The first-order valence-electron chi connectivity index (χ1n) is 10.4. The van der Waals surface area contributed by atoms with Crippen molar-refractivity contribution in [1.29, 1.82) is 0 Å². The van der Waals surface area contributed by atoms with Crippen molar-refractivity contribution in [2.75, 3.05) is 13.1 Å². The third-order valence-electron chi connectivity index (χ3n) is 5.36. The van der Waals surface area contributed by atoms with E-state index in [2.05, 4.69) is 16.4 Å². The van der Waals surface area contributed by atoms with Crippen LogP contribution < -0.4 is 9.47 Å². The van der Waals surface area contributed by atoms with Gasteiger partial charge in [-0.3, -0.25) is 4.79 Å². The summed E-state index contributed by atoms with van der Waals surface area (Å²) < 4.78 is 85.7. The summed E-state index contributed by atoms with van der Waals surface area (Å²) in [7, 11) is -3.66. The van der Waals surface area contributed by atoms with Crippen LogP contribution in [-0.4, -0.2) is 44.8 Å². The molecule has 0 aliphatic carbocycles. The third kappa shape index (κ3) is 6.57. The molecule has 2 aromatic carbocycles. The molecule has 0 radical (unpaired) electrons. The molecule has 1 fully saturated rings. The number of benzene rings is 2. The lowest BCUT2D eigenvalue weighted by molar-refractivity contribution is -0.0543. The van der Waals surface area contributed by atoms with Crippen LogP contribution in [0, 0.1) is 5.92 Å². The number of hydrogen-bond acceptors (Lipinski definition) is 5. The van der Waals surface area contributed by atoms with E-state index >= 15 is 0 Å². The fourth-order valence-corrected chi connectivity index (χ4v) is 4.92. The molecule has 0 amide bonds. The predicted molar refractivity (Wildman–Crippen MR) is 117 cm³/mol.